The number of hydrogen-bond donors (Lipinski definition) is 1. The zero-order chi connectivity index (χ0) is 22.3. The van der Waals surface area contributed by atoms with Gasteiger partial charge >= 0.3 is 6.03 Å². The van der Waals surface area contributed by atoms with E-state index >= 15 is 0 Å². The van der Waals surface area contributed by atoms with E-state index in [0.29, 0.717) is 43.5 Å². The number of ether oxygens (including phenoxy) is 3. The van der Waals surface area contributed by atoms with E-state index in [2.05, 4.69) is 15.6 Å². The number of carbonyl (C=O) groups excluding carboxylic acids is 1. The summed E-state index contributed by atoms with van der Waals surface area (Å²) in [7, 11) is 3.14. The summed E-state index contributed by atoms with van der Waals surface area (Å²) >= 11 is 0. The van der Waals surface area contributed by atoms with Crippen LogP contribution in [-0.2, 0) is 18.0 Å². The van der Waals surface area contributed by atoms with Crippen LogP contribution < -0.4 is 14.8 Å². The number of nitrogens with one attached hydrogen (secondary N) is 1. The molecule has 9 heteroatoms. The van der Waals surface area contributed by atoms with Crippen molar-refractivity contribution in [3.8, 4) is 11.5 Å². The molecule has 1 unspecified atom stereocenters. The topological polar surface area (TPSA) is 90.7 Å². The first-order chi connectivity index (χ1) is 15.7. The quantitative estimate of drug-likeness (QED) is 0.580. The Morgan fingerprint density at radius 1 is 1.09 bits per heavy atom. The molecule has 0 radical (unpaired) electrons. The van der Waals surface area contributed by atoms with Crippen molar-refractivity contribution >= 4 is 11.7 Å². The van der Waals surface area contributed by atoms with Gasteiger partial charge in [-0.25, -0.2) is 9.48 Å². The van der Waals surface area contributed by atoms with Crippen LogP contribution in [0, 0.1) is 0 Å². The van der Waals surface area contributed by atoms with Crippen LogP contribution in [0.3, 0.4) is 0 Å². The van der Waals surface area contributed by atoms with Crippen LogP contribution in [0.2, 0.25) is 0 Å². The van der Waals surface area contributed by atoms with Crippen molar-refractivity contribution in [2.45, 2.75) is 25.7 Å². The average molecular weight is 438 g/mol. The summed E-state index contributed by atoms with van der Waals surface area (Å²) in [6.45, 7) is 2.13. The maximum absolute atomic E-state index is 12.7. The lowest BCUT2D eigenvalue weighted by Gasteiger charge is -2.18. The zero-order valence-electron chi connectivity index (χ0n) is 18.2. The smallest absolute Gasteiger partial charge is 0.321 e. The van der Waals surface area contributed by atoms with Crippen molar-refractivity contribution in [2.75, 3.05) is 32.6 Å². The highest BCUT2D eigenvalue weighted by Gasteiger charge is 2.28. The van der Waals surface area contributed by atoms with Crippen molar-refractivity contribution in [2.24, 2.45) is 0 Å². The third kappa shape index (κ3) is 5.17. The Labute approximate surface area is 186 Å². The van der Waals surface area contributed by atoms with Gasteiger partial charge in [0.25, 0.3) is 0 Å². The summed E-state index contributed by atoms with van der Waals surface area (Å²) < 4.78 is 18.1. The summed E-state index contributed by atoms with van der Waals surface area (Å²) in [5, 5.41) is 11.4. The van der Waals surface area contributed by atoms with Gasteiger partial charge in [0.2, 0.25) is 0 Å². The highest BCUT2D eigenvalue weighted by atomic mass is 16.5. The van der Waals surface area contributed by atoms with Crippen LogP contribution in [0.4, 0.5) is 10.5 Å². The van der Waals surface area contributed by atoms with E-state index in [4.69, 9.17) is 14.2 Å². The summed E-state index contributed by atoms with van der Waals surface area (Å²) in [6, 6.07) is 15.2. The lowest BCUT2D eigenvalue weighted by atomic mass is 10.2. The molecule has 9 nitrogen and oxygen atoms in total. The molecule has 0 saturated carbocycles. The molecule has 1 aliphatic heterocycles. The molecule has 3 aromatic rings. The molecular formula is C23H27N5O4. The largest absolute Gasteiger partial charge is 0.493 e. The number of likely N-dealkylation sites (tertiary alicyclic amines) is 1. The molecule has 1 aromatic heterocycles. The predicted octanol–water partition coefficient (Wildman–Crippen LogP) is 3.49. The molecule has 1 aliphatic rings. The van der Waals surface area contributed by atoms with Crippen LogP contribution in [0.5, 0.6) is 11.5 Å². The molecule has 0 bridgehead atoms. The number of benzene rings is 2. The molecule has 2 heterocycles. The summed E-state index contributed by atoms with van der Waals surface area (Å²) in [5.74, 6) is 1.18. The minimum Gasteiger partial charge on any atom is -0.493 e. The Hall–Kier alpha value is -3.59. The first-order valence-corrected chi connectivity index (χ1v) is 10.5. The highest BCUT2D eigenvalue weighted by molar-refractivity contribution is 5.90. The standard InChI is InChI=1S/C23H27N5O4/c1-30-21-9-8-18(12-22(21)31-2)24-23(29)27-11-10-20(14-27)28-13-19(25-26-28)16-32-15-17-6-4-3-5-7-17/h3-9,12-13,20H,10-11,14-16H2,1-2H3,(H,24,29). The van der Waals surface area contributed by atoms with Gasteiger partial charge in [-0.05, 0) is 24.1 Å². The second-order valence-corrected chi connectivity index (χ2v) is 7.56. The van der Waals surface area contributed by atoms with E-state index in [-0.39, 0.29) is 12.1 Å². The van der Waals surface area contributed by atoms with Gasteiger partial charge in [-0.1, -0.05) is 35.5 Å². The van der Waals surface area contributed by atoms with Crippen molar-refractivity contribution in [3.63, 3.8) is 0 Å². The summed E-state index contributed by atoms with van der Waals surface area (Å²) in [5.41, 5.74) is 2.54. The van der Waals surface area contributed by atoms with E-state index in [1.165, 1.54) is 0 Å². The first kappa shape index (κ1) is 21.6. The minimum absolute atomic E-state index is 0.0847. The van der Waals surface area contributed by atoms with Crippen molar-refractivity contribution < 1.29 is 19.0 Å². The van der Waals surface area contributed by atoms with Crippen molar-refractivity contribution in [1.29, 1.82) is 0 Å². The van der Waals surface area contributed by atoms with Gasteiger partial charge in [0, 0.05) is 24.8 Å². The lowest BCUT2D eigenvalue weighted by Crippen LogP contribution is -2.33. The number of aromatic nitrogens is 3. The molecule has 0 spiro atoms. The van der Waals surface area contributed by atoms with Gasteiger partial charge < -0.3 is 24.4 Å². The molecule has 1 fully saturated rings. The zero-order valence-corrected chi connectivity index (χ0v) is 18.2. The fourth-order valence-corrected chi connectivity index (χ4v) is 3.66. The Kier molecular flexibility index (Phi) is 6.86. The molecule has 1 N–H and O–H groups in total. The molecule has 1 saturated heterocycles. The Balaban J connectivity index is 1.28. The SMILES string of the molecule is COc1ccc(NC(=O)N2CCC(n3cc(COCc4ccccc4)nn3)C2)cc1OC. The maximum atomic E-state index is 12.7. The molecule has 2 amide bonds. The number of anilines is 1. The van der Waals surface area contributed by atoms with Gasteiger partial charge in [-0.2, -0.15) is 0 Å². The van der Waals surface area contributed by atoms with E-state index in [9.17, 15) is 4.79 Å². The number of methoxy groups -OCH3 is 2. The number of nitrogens with zero attached hydrogens (tertiary/aromatic N) is 4. The molecule has 0 aliphatic carbocycles. The monoisotopic (exact) mass is 437 g/mol. The summed E-state index contributed by atoms with van der Waals surface area (Å²) in [4.78, 5) is 14.5. The molecule has 1 atom stereocenters. The second-order valence-electron chi connectivity index (χ2n) is 7.56. The number of carbonyl (C=O) groups is 1. The van der Waals surface area contributed by atoms with E-state index in [1.807, 2.05) is 41.2 Å². The third-order valence-electron chi connectivity index (χ3n) is 5.38. The number of amides is 2. The molecule has 168 valence electrons. The van der Waals surface area contributed by atoms with E-state index < -0.39 is 0 Å². The molecule has 4 rings (SSSR count). The van der Waals surface area contributed by atoms with Crippen LogP contribution in [0.1, 0.15) is 23.7 Å². The van der Waals surface area contributed by atoms with E-state index in [1.54, 1.807) is 37.3 Å². The Bertz CT molecular complexity index is 1040. The fraction of sp³-hybridized carbons (Fsp3) is 0.348. The van der Waals surface area contributed by atoms with Gasteiger partial charge in [-0.15, -0.1) is 5.10 Å². The average Bonchev–Trinajstić information content (AvgIpc) is 3.49. The number of urea groups is 1. The minimum atomic E-state index is -0.161. The number of hydrogen-bond acceptors (Lipinski definition) is 6. The number of rotatable bonds is 8. The molecule has 32 heavy (non-hydrogen) atoms. The Morgan fingerprint density at radius 2 is 1.91 bits per heavy atom. The van der Waals surface area contributed by atoms with Gasteiger partial charge in [0.05, 0.1) is 39.7 Å². The van der Waals surface area contributed by atoms with Crippen molar-refractivity contribution in [3.05, 3.63) is 66.0 Å². The fourth-order valence-electron chi connectivity index (χ4n) is 3.66. The molecular weight excluding hydrogens is 410 g/mol. The van der Waals surface area contributed by atoms with E-state index in [0.717, 1.165) is 17.7 Å². The normalized spacial score (nSPS) is 15.6. The van der Waals surface area contributed by atoms with Gasteiger partial charge in [-0.3, -0.25) is 0 Å². The van der Waals surface area contributed by atoms with Crippen LogP contribution in [0.25, 0.3) is 0 Å². The van der Waals surface area contributed by atoms with Crippen molar-refractivity contribution in [1.82, 2.24) is 19.9 Å². The summed E-state index contributed by atoms with van der Waals surface area (Å²) in [6.07, 6.45) is 2.71. The maximum Gasteiger partial charge on any atom is 0.321 e. The molecule has 2 aromatic carbocycles. The van der Waals surface area contributed by atoms with Gasteiger partial charge in [0.1, 0.15) is 5.69 Å². The lowest BCUT2D eigenvalue weighted by molar-refractivity contribution is 0.104. The predicted molar refractivity (Wildman–Crippen MR) is 119 cm³/mol. The third-order valence-corrected chi connectivity index (χ3v) is 5.38. The first-order valence-electron chi connectivity index (χ1n) is 10.5. The van der Waals surface area contributed by atoms with Crippen LogP contribution in [0.15, 0.2) is 54.7 Å². The second kappa shape index (κ2) is 10.1. The van der Waals surface area contributed by atoms with Crippen LogP contribution >= 0.6 is 0 Å². The van der Waals surface area contributed by atoms with Gasteiger partial charge in [0.15, 0.2) is 11.5 Å². The highest BCUT2D eigenvalue weighted by Crippen LogP contribution is 2.30. The Morgan fingerprint density at radius 3 is 2.69 bits per heavy atom. The van der Waals surface area contributed by atoms with Crippen LogP contribution in [-0.4, -0.2) is 53.2 Å².